The number of nitrogens with one attached hydrogen (secondary N) is 1. The Morgan fingerprint density at radius 2 is 1.30 bits per heavy atom. The van der Waals surface area contributed by atoms with Gasteiger partial charge in [-0.2, -0.15) is 0 Å². The minimum Gasteiger partial charge on any atom is -0.497 e. The number of rotatable bonds is 9. The molecule has 0 saturated carbocycles. The van der Waals surface area contributed by atoms with Gasteiger partial charge in [0.1, 0.15) is 29.6 Å². The smallest absolute Gasteiger partial charge is 0.278 e. The molecule has 0 aliphatic carbocycles. The molecule has 168 valence electrons. The first kappa shape index (κ1) is 22.0. The molecule has 0 radical (unpaired) electrons. The van der Waals surface area contributed by atoms with Crippen LogP contribution in [0, 0.1) is 0 Å². The molecular formula is C26H24N2O5. The highest BCUT2D eigenvalue weighted by atomic mass is 16.5. The topological polar surface area (TPSA) is 77.1 Å². The lowest BCUT2D eigenvalue weighted by Gasteiger charge is -2.16. The molecule has 0 fully saturated rings. The van der Waals surface area contributed by atoms with Crippen LogP contribution in [-0.2, 0) is 9.59 Å². The summed E-state index contributed by atoms with van der Waals surface area (Å²) >= 11 is 0. The second kappa shape index (κ2) is 9.91. The lowest BCUT2D eigenvalue weighted by Crippen LogP contribution is -2.36. The van der Waals surface area contributed by atoms with Crippen LogP contribution in [0.25, 0.3) is 5.57 Å². The fourth-order valence-corrected chi connectivity index (χ4v) is 3.51. The molecule has 7 heteroatoms. The molecule has 1 aliphatic heterocycles. The third kappa shape index (κ3) is 4.82. The molecule has 0 unspecified atom stereocenters. The number of nitrogens with zero attached hydrogens (tertiary/aromatic N) is 1. The lowest BCUT2D eigenvalue weighted by atomic mass is 10.0. The predicted molar refractivity (Wildman–Crippen MR) is 125 cm³/mol. The van der Waals surface area contributed by atoms with Crippen LogP contribution in [0.4, 0.5) is 5.69 Å². The summed E-state index contributed by atoms with van der Waals surface area (Å²) < 4.78 is 16.1. The molecule has 4 rings (SSSR count). The summed E-state index contributed by atoms with van der Waals surface area (Å²) in [4.78, 5) is 27.7. The van der Waals surface area contributed by atoms with Gasteiger partial charge in [0, 0.05) is 5.69 Å². The lowest BCUT2D eigenvalue weighted by molar-refractivity contribution is -0.137. The average Bonchev–Trinajstić information content (AvgIpc) is 3.09. The highest BCUT2D eigenvalue weighted by Crippen LogP contribution is 2.30. The molecule has 3 aromatic carbocycles. The van der Waals surface area contributed by atoms with Gasteiger partial charge in [-0.05, 0) is 54.1 Å². The minimum atomic E-state index is -0.395. The van der Waals surface area contributed by atoms with E-state index in [1.807, 2.05) is 30.3 Å². The first-order valence-corrected chi connectivity index (χ1v) is 10.4. The standard InChI is InChI=1S/C26H24N2O5/c1-31-20-10-8-19(9-11-20)27-24-23(18-6-4-3-5-7-18)25(29)28(26(24)30)16-17-33-22-14-12-21(32-2)13-15-22/h3-15,27H,16-17H2,1-2H3. The van der Waals surface area contributed by atoms with Crippen molar-refractivity contribution in [3.8, 4) is 17.2 Å². The van der Waals surface area contributed by atoms with Crippen molar-refractivity contribution in [2.75, 3.05) is 32.7 Å². The van der Waals surface area contributed by atoms with Crippen LogP contribution in [0.2, 0.25) is 0 Å². The highest BCUT2D eigenvalue weighted by molar-refractivity contribution is 6.36. The zero-order valence-electron chi connectivity index (χ0n) is 18.4. The number of ether oxygens (including phenoxy) is 3. The van der Waals surface area contributed by atoms with E-state index in [-0.39, 0.29) is 24.8 Å². The van der Waals surface area contributed by atoms with Crippen molar-refractivity contribution in [2.24, 2.45) is 0 Å². The maximum atomic E-state index is 13.3. The van der Waals surface area contributed by atoms with Gasteiger partial charge >= 0.3 is 0 Å². The summed E-state index contributed by atoms with van der Waals surface area (Å²) in [7, 11) is 3.18. The van der Waals surface area contributed by atoms with Gasteiger partial charge in [0.15, 0.2) is 0 Å². The zero-order valence-corrected chi connectivity index (χ0v) is 18.4. The fraction of sp³-hybridized carbons (Fsp3) is 0.154. The van der Waals surface area contributed by atoms with Crippen LogP contribution in [0.15, 0.2) is 84.6 Å². The molecule has 0 spiro atoms. The van der Waals surface area contributed by atoms with Gasteiger partial charge in [-0.25, -0.2) is 0 Å². The SMILES string of the molecule is COc1ccc(NC2=C(c3ccccc3)C(=O)N(CCOc3ccc(OC)cc3)C2=O)cc1. The van der Waals surface area contributed by atoms with Gasteiger partial charge < -0.3 is 19.5 Å². The number of imide groups is 1. The Balaban J connectivity index is 1.53. The largest absolute Gasteiger partial charge is 0.497 e. The molecule has 2 amide bonds. The number of hydrogen-bond donors (Lipinski definition) is 1. The van der Waals surface area contributed by atoms with Gasteiger partial charge in [0.25, 0.3) is 11.8 Å². The first-order chi connectivity index (χ1) is 16.1. The minimum absolute atomic E-state index is 0.119. The molecule has 1 N–H and O–H groups in total. The van der Waals surface area contributed by atoms with Crippen LogP contribution in [-0.4, -0.2) is 44.1 Å². The first-order valence-electron chi connectivity index (χ1n) is 10.4. The van der Waals surface area contributed by atoms with Gasteiger partial charge in [-0.3, -0.25) is 14.5 Å². The van der Waals surface area contributed by atoms with E-state index in [0.717, 1.165) is 5.75 Å². The number of carbonyl (C=O) groups excluding carboxylic acids is 2. The molecule has 0 saturated heterocycles. The number of benzene rings is 3. The van der Waals surface area contributed by atoms with Gasteiger partial charge in [0.05, 0.1) is 26.3 Å². The Hall–Kier alpha value is -4.26. The monoisotopic (exact) mass is 444 g/mol. The zero-order chi connectivity index (χ0) is 23.2. The van der Waals surface area contributed by atoms with Gasteiger partial charge in [0.2, 0.25) is 0 Å². The summed E-state index contributed by atoms with van der Waals surface area (Å²) in [5.74, 6) is 1.29. The maximum Gasteiger partial charge on any atom is 0.278 e. The molecule has 7 nitrogen and oxygen atoms in total. The molecular weight excluding hydrogens is 420 g/mol. The predicted octanol–water partition coefficient (Wildman–Crippen LogP) is 3.97. The quantitative estimate of drug-likeness (QED) is 0.503. The number of carbonyl (C=O) groups is 2. The Kier molecular flexibility index (Phi) is 6.59. The van der Waals surface area contributed by atoms with Gasteiger partial charge in [-0.1, -0.05) is 30.3 Å². The van der Waals surface area contributed by atoms with Crippen molar-refractivity contribution >= 4 is 23.1 Å². The van der Waals surface area contributed by atoms with Crippen LogP contribution in [0.3, 0.4) is 0 Å². The molecule has 0 atom stereocenters. The van der Waals surface area contributed by atoms with Crippen LogP contribution in [0.5, 0.6) is 17.2 Å². The third-order valence-electron chi connectivity index (χ3n) is 5.23. The normalized spacial score (nSPS) is 13.3. The summed E-state index contributed by atoms with van der Waals surface area (Å²) in [5, 5.41) is 3.13. The Morgan fingerprint density at radius 3 is 1.91 bits per heavy atom. The van der Waals surface area contributed by atoms with E-state index in [4.69, 9.17) is 14.2 Å². The van der Waals surface area contributed by atoms with E-state index in [1.54, 1.807) is 62.8 Å². The molecule has 1 aliphatic rings. The van der Waals surface area contributed by atoms with Crippen molar-refractivity contribution in [2.45, 2.75) is 0 Å². The molecule has 1 heterocycles. The van der Waals surface area contributed by atoms with Gasteiger partial charge in [-0.15, -0.1) is 0 Å². The number of amides is 2. The number of anilines is 1. The summed E-state index contributed by atoms with van der Waals surface area (Å²) in [6.07, 6.45) is 0. The number of methoxy groups -OCH3 is 2. The van der Waals surface area contributed by atoms with Crippen molar-refractivity contribution in [3.63, 3.8) is 0 Å². The van der Waals surface area contributed by atoms with Crippen molar-refractivity contribution in [1.82, 2.24) is 4.90 Å². The second-order valence-electron chi connectivity index (χ2n) is 7.26. The Labute approximate surface area is 192 Å². The maximum absolute atomic E-state index is 13.3. The molecule has 0 bridgehead atoms. The summed E-state index contributed by atoms with van der Waals surface area (Å²) in [6, 6.07) is 23.4. The second-order valence-corrected chi connectivity index (χ2v) is 7.26. The fourth-order valence-electron chi connectivity index (χ4n) is 3.51. The van der Waals surface area contributed by atoms with Crippen molar-refractivity contribution in [1.29, 1.82) is 0 Å². The van der Waals surface area contributed by atoms with Crippen molar-refractivity contribution in [3.05, 3.63) is 90.1 Å². The average molecular weight is 444 g/mol. The number of hydrogen-bond acceptors (Lipinski definition) is 6. The van der Waals surface area contributed by atoms with E-state index >= 15 is 0 Å². The Morgan fingerprint density at radius 1 is 0.727 bits per heavy atom. The molecule has 33 heavy (non-hydrogen) atoms. The highest BCUT2D eigenvalue weighted by Gasteiger charge is 2.39. The molecule has 3 aromatic rings. The van der Waals surface area contributed by atoms with Crippen molar-refractivity contribution < 1.29 is 23.8 Å². The molecule has 0 aromatic heterocycles. The van der Waals surface area contributed by atoms with Crippen LogP contribution >= 0.6 is 0 Å². The van der Waals surface area contributed by atoms with E-state index in [9.17, 15) is 9.59 Å². The van der Waals surface area contributed by atoms with E-state index in [0.29, 0.717) is 28.3 Å². The summed E-state index contributed by atoms with van der Waals surface area (Å²) in [5.41, 5.74) is 1.92. The van der Waals surface area contributed by atoms with E-state index < -0.39 is 5.91 Å². The van der Waals surface area contributed by atoms with Crippen LogP contribution in [0.1, 0.15) is 5.56 Å². The third-order valence-corrected chi connectivity index (χ3v) is 5.23. The van der Waals surface area contributed by atoms with E-state index in [1.165, 1.54) is 4.90 Å². The summed E-state index contributed by atoms with van der Waals surface area (Å²) in [6.45, 7) is 0.287. The van der Waals surface area contributed by atoms with E-state index in [2.05, 4.69) is 5.32 Å². The Bertz CT molecular complexity index is 1160. The van der Waals surface area contributed by atoms with Crippen LogP contribution < -0.4 is 19.5 Å².